The lowest BCUT2D eigenvalue weighted by molar-refractivity contribution is 0.354. The summed E-state index contributed by atoms with van der Waals surface area (Å²) in [6.45, 7) is 8.81. The summed E-state index contributed by atoms with van der Waals surface area (Å²) >= 11 is 0. The van der Waals surface area contributed by atoms with Crippen molar-refractivity contribution >= 4 is 17.3 Å². The molecule has 0 atom stereocenters. The van der Waals surface area contributed by atoms with E-state index in [1.165, 1.54) is 16.7 Å². The highest BCUT2D eigenvalue weighted by molar-refractivity contribution is 5.66. The van der Waals surface area contributed by atoms with Crippen molar-refractivity contribution in [2.75, 3.05) is 24.9 Å². The minimum absolute atomic E-state index is 0.610. The average Bonchev–Trinajstić information content (AvgIpc) is 2.68. The van der Waals surface area contributed by atoms with Crippen LogP contribution in [-0.2, 0) is 6.54 Å². The topological polar surface area (TPSA) is 68.3 Å². The second-order valence-corrected chi connectivity index (χ2v) is 7.13. The first-order chi connectivity index (χ1) is 13.9. The highest BCUT2D eigenvalue weighted by Gasteiger charge is 2.09. The molecule has 0 saturated heterocycles. The zero-order valence-corrected chi connectivity index (χ0v) is 17.9. The highest BCUT2D eigenvalue weighted by Crippen LogP contribution is 2.28. The van der Waals surface area contributed by atoms with Crippen LogP contribution in [-0.4, -0.2) is 24.2 Å². The van der Waals surface area contributed by atoms with Crippen molar-refractivity contribution in [2.45, 2.75) is 34.2 Å². The number of benzene rings is 2. The lowest BCUT2D eigenvalue weighted by Gasteiger charge is -2.15. The van der Waals surface area contributed by atoms with Gasteiger partial charge < -0.3 is 20.1 Å². The first-order valence-electron chi connectivity index (χ1n) is 9.55. The number of hydrogen-bond donors (Lipinski definition) is 2. The molecule has 0 radical (unpaired) electrons. The van der Waals surface area contributed by atoms with Gasteiger partial charge in [-0.15, -0.1) is 0 Å². The summed E-state index contributed by atoms with van der Waals surface area (Å²) in [6, 6.07) is 12.1. The summed E-state index contributed by atoms with van der Waals surface area (Å²) in [4.78, 5) is 9.05. The van der Waals surface area contributed by atoms with Gasteiger partial charge in [0.1, 0.15) is 17.5 Å². The van der Waals surface area contributed by atoms with Crippen LogP contribution in [0.2, 0.25) is 0 Å². The molecule has 152 valence electrons. The number of ether oxygens (including phenoxy) is 2. The second kappa shape index (κ2) is 8.82. The molecule has 0 saturated carbocycles. The monoisotopic (exact) mass is 392 g/mol. The van der Waals surface area contributed by atoms with Gasteiger partial charge in [-0.1, -0.05) is 23.8 Å². The van der Waals surface area contributed by atoms with E-state index >= 15 is 0 Å². The average molecular weight is 393 g/mol. The van der Waals surface area contributed by atoms with Crippen molar-refractivity contribution in [1.29, 1.82) is 0 Å². The lowest BCUT2D eigenvalue weighted by atomic mass is 10.1. The molecule has 2 N–H and O–H groups in total. The molecule has 3 rings (SSSR count). The van der Waals surface area contributed by atoms with E-state index in [0.717, 1.165) is 22.9 Å². The largest absolute Gasteiger partial charge is 0.493 e. The van der Waals surface area contributed by atoms with Crippen molar-refractivity contribution < 1.29 is 9.47 Å². The van der Waals surface area contributed by atoms with Gasteiger partial charge in [-0.05, 0) is 56.5 Å². The molecule has 0 unspecified atom stereocenters. The van der Waals surface area contributed by atoms with E-state index in [0.29, 0.717) is 23.9 Å². The quantitative estimate of drug-likeness (QED) is 0.584. The number of aromatic nitrogens is 2. The fourth-order valence-corrected chi connectivity index (χ4v) is 3.41. The Morgan fingerprint density at radius 2 is 1.45 bits per heavy atom. The number of anilines is 3. The smallest absolute Gasteiger partial charge is 0.161 e. The Morgan fingerprint density at radius 3 is 2.10 bits per heavy atom. The molecule has 0 fully saturated rings. The highest BCUT2D eigenvalue weighted by atomic mass is 16.5. The molecular formula is C23H28N4O2. The van der Waals surface area contributed by atoms with E-state index in [4.69, 9.17) is 9.47 Å². The van der Waals surface area contributed by atoms with Crippen LogP contribution >= 0.6 is 0 Å². The maximum absolute atomic E-state index is 5.38. The Kier molecular flexibility index (Phi) is 6.22. The molecule has 0 bridgehead atoms. The fourth-order valence-electron chi connectivity index (χ4n) is 3.41. The number of nitrogens with zero attached hydrogens (tertiary/aromatic N) is 2. The molecule has 6 heteroatoms. The normalized spacial score (nSPS) is 10.6. The summed E-state index contributed by atoms with van der Waals surface area (Å²) < 4.78 is 10.7. The summed E-state index contributed by atoms with van der Waals surface area (Å²) in [7, 11) is 3.27. The molecule has 1 heterocycles. The Morgan fingerprint density at radius 1 is 0.793 bits per heavy atom. The van der Waals surface area contributed by atoms with Gasteiger partial charge in [0.15, 0.2) is 11.5 Å². The SMILES string of the molecule is COc1ccc(CNc2cc(Nc3c(C)cc(C)cc3C)nc(C)n2)cc1OC. The second-order valence-electron chi connectivity index (χ2n) is 7.13. The Bertz CT molecular complexity index is 995. The van der Waals surface area contributed by atoms with Gasteiger partial charge in [0.25, 0.3) is 0 Å². The lowest BCUT2D eigenvalue weighted by Crippen LogP contribution is -2.06. The van der Waals surface area contributed by atoms with Gasteiger partial charge in [0.05, 0.1) is 14.2 Å². The molecule has 29 heavy (non-hydrogen) atoms. The summed E-state index contributed by atoms with van der Waals surface area (Å²) in [5.41, 5.74) is 5.79. The van der Waals surface area contributed by atoms with E-state index in [-0.39, 0.29) is 0 Å². The maximum Gasteiger partial charge on any atom is 0.161 e. The third-order valence-corrected chi connectivity index (χ3v) is 4.69. The van der Waals surface area contributed by atoms with Gasteiger partial charge in [-0.25, -0.2) is 9.97 Å². The van der Waals surface area contributed by atoms with Crippen LogP contribution in [0.25, 0.3) is 0 Å². The number of hydrogen-bond acceptors (Lipinski definition) is 6. The van der Waals surface area contributed by atoms with Crippen LogP contribution in [0, 0.1) is 27.7 Å². The first kappa shape index (κ1) is 20.5. The van der Waals surface area contributed by atoms with Crippen molar-refractivity contribution in [1.82, 2.24) is 9.97 Å². The Balaban J connectivity index is 1.78. The van der Waals surface area contributed by atoms with Crippen LogP contribution < -0.4 is 20.1 Å². The number of methoxy groups -OCH3 is 2. The van der Waals surface area contributed by atoms with Gasteiger partial charge in [-0.3, -0.25) is 0 Å². The van der Waals surface area contributed by atoms with Crippen molar-refractivity contribution in [2.24, 2.45) is 0 Å². The standard InChI is InChI=1S/C23H28N4O2/c1-14-9-15(2)23(16(3)10-14)27-22-12-21(25-17(4)26-22)24-13-18-7-8-19(28-5)20(11-18)29-6/h7-12H,13H2,1-6H3,(H2,24,25,26,27). The maximum atomic E-state index is 5.38. The molecule has 0 amide bonds. The molecular weight excluding hydrogens is 364 g/mol. The summed E-state index contributed by atoms with van der Waals surface area (Å²) in [5, 5.41) is 6.82. The van der Waals surface area contributed by atoms with Crippen molar-refractivity contribution in [3.05, 3.63) is 64.5 Å². The van der Waals surface area contributed by atoms with Gasteiger partial charge >= 0.3 is 0 Å². The van der Waals surface area contributed by atoms with Crippen molar-refractivity contribution in [3.63, 3.8) is 0 Å². The Hall–Kier alpha value is -3.28. The molecule has 0 aliphatic heterocycles. The van der Waals surface area contributed by atoms with Crippen LogP contribution in [0.15, 0.2) is 36.4 Å². The van der Waals surface area contributed by atoms with Crippen LogP contribution in [0.1, 0.15) is 28.1 Å². The van der Waals surface area contributed by atoms with E-state index in [2.05, 4.69) is 53.5 Å². The summed E-state index contributed by atoms with van der Waals surface area (Å²) in [6.07, 6.45) is 0. The van der Waals surface area contributed by atoms with E-state index in [1.54, 1.807) is 14.2 Å². The third-order valence-electron chi connectivity index (χ3n) is 4.69. The molecule has 0 spiro atoms. The molecule has 2 aromatic carbocycles. The predicted octanol–water partition coefficient (Wildman–Crippen LogP) is 5.08. The van der Waals surface area contributed by atoms with Gasteiger partial charge in [0, 0.05) is 18.3 Å². The summed E-state index contributed by atoms with van der Waals surface area (Å²) in [5.74, 6) is 3.65. The Labute approximate surface area is 172 Å². The molecule has 1 aromatic heterocycles. The van der Waals surface area contributed by atoms with E-state index in [1.807, 2.05) is 31.2 Å². The van der Waals surface area contributed by atoms with Crippen LogP contribution in [0.3, 0.4) is 0 Å². The van der Waals surface area contributed by atoms with Crippen LogP contribution in [0.5, 0.6) is 11.5 Å². The zero-order valence-electron chi connectivity index (χ0n) is 17.9. The fraction of sp³-hybridized carbons (Fsp3) is 0.304. The minimum atomic E-state index is 0.610. The van der Waals surface area contributed by atoms with Gasteiger partial charge in [-0.2, -0.15) is 0 Å². The third kappa shape index (κ3) is 4.96. The molecule has 0 aliphatic carbocycles. The van der Waals surface area contributed by atoms with Gasteiger partial charge in [0.2, 0.25) is 0 Å². The predicted molar refractivity (Wildman–Crippen MR) is 118 cm³/mol. The van der Waals surface area contributed by atoms with Crippen molar-refractivity contribution in [3.8, 4) is 11.5 Å². The number of nitrogens with one attached hydrogen (secondary N) is 2. The first-order valence-corrected chi connectivity index (χ1v) is 9.55. The van der Waals surface area contributed by atoms with E-state index < -0.39 is 0 Å². The minimum Gasteiger partial charge on any atom is -0.493 e. The molecule has 3 aromatic rings. The molecule has 0 aliphatic rings. The number of aryl methyl sites for hydroxylation is 4. The van der Waals surface area contributed by atoms with Crippen LogP contribution in [0.4, 0.5) is 17.3 Å². The number of rotatable bonds is 7. The zero-order chi connectivity index (χ0) is 21.0. The van der Waals surface area contributed by atoms with E-state index in [9.17, 15) is 0 Å². The molecule has 6 nitrogen and oxygen atoms in total.